The topological polar surface area (TPSA) is 12.4 Å². The van der Waals surface area contributed by atoms with E-state index >= 15 is 0 Å². The predicted molar refractivity (Wildman–Crippen MR) is 78.8 cm³/mol. The minimum Gasteiger partial charge on any atom is -0.243 e. The molecule has 1 aromatic carbocycles. The van der Waals surface area contributed by atoms with Gasteiger partial charge in [-0.1, -0.05) is 60.3 Å². The lowest BCUT2D eigenvalue weighted by Crippen LogP contribution is -2.02. The second kappa shape index (κ2) is 6.40. The lowest BCUT2D eigenvalue weighted by Gasteiger charge is -1.96. The van der Waals surface area contributed by atoms with E-state index in [0.29, 0.717) is 9.85 Å². The van der Waals surface area contributed by atoms with Gasteiger partial charge in [0.15, 0.2) is 0 Å². The van der Waals surface area contributed by atoms with Crippen molar-refractivity contribution in [2.24, 2.45) is 4.99 Å². The zero-order valence-electron chi connectivity index (χ0n) is 9.31. The van der Waals surface area contributed by atoms with Gasteiger partial charge in [0, 0.05) is 6.21 Å². The van der Waals surface area contributed by atoms with Crippen LogP contribution in [0.5, 0.6) is 0 Å². The van der Waals surface area contributed by atoms with Crippen LogP contribution in [-0.4, -0.2) is 16.1 Å². The number of aryl methyl sites for hydroxylation is 1. The molecule has 0 aliphatic heterocycles. The maximum atomic E-state index is 5.08. The molecule has 0 amide bonds. The molecule has 0 heterocycles. The summed E-state index contributed by atoms with van der Waals surface area (Å²) in [5.41, 5.74) is 2.23. The molecule has 1 nitrogen and oxygen atoms in total. The van der Waals surface area contributed by atoms with E-state index in [9.17, 15) is 0 Å². The van der Waals surface area contributed by atoms with E-state index in [1.165, 1.54) is 5.56 Å². The molecule has 0 N–H and O–H groups in total. The molecule has 0 spiro atoms. The molecular formula is C13H13NS2. The minimum atomic E-state index is 0.453. The summed E-state index contributed by atoms with van der Waals surface area (Å²) in [6, 6.07) is 8.06. The standard InChI is InChI=1S/C13H13NS2/c1-3-5-12(15)13(16)14-9-11-7-4-6-10(2)8-11/h3-9H,1-2H3/b5-3+,14-9?. The van der Waals surface area contributed by atoms with Gasteiger partial charge in [0.25, 0.3) is 0 Å². The van der Waals surface area contributed by atoms with Gasteiger partial charge in [0.2, 0.25) is 0 Å². The van der Waals surface area contributed by atoms with Crippen LogP contribution in [0.15, 0.2) is 41.4 Å². The number of hydrogen-bond acceptors (Lipinski definition) is 2. The van der Waals surface area contributed by atoms with Crippen LogP contribution >= 0.6 is 24.4 Å². The smallest absolute Gasteiger partial charge is 0.144 e. The third-order valence-corrected chi connectivity index (χ3v) is 2.69. The number of rotatable bonds is 3. The van der Waals surface area contributed by atoms with E-state index in [1.807, 2.05) is 44.2 Å². The van der Waals surface area contributed by atoms with Crippen LogP contribution in [0.4, 0.5) is 0 Å². The quantitative estimate of drug-likeness (QED) is 0.459. The third kappa shape index (κ3) is 4.13. The average molecular weight is 247 g/mol. The van der Waals surface area contributed by atoms with E-state index in [4.69, 9.17) is 24.4 Å². The highest BCUT2D eigenvalue weighted by molar-refractivity contribution is 7.89. The fourth-order valence-corrected chi connectivity index (χ4v) is 1.48. The van der Waals surface area contributed by atoms with Gasteiger partial charge < -0.3 is 0 Å². The first-order valence-electron chi connectivity index (χ1n) is 4.95. The first-order valence-corrected chi connectivity index (χ1v) is 5.77. The summed E-state index contributed by atoms with van der Waals surface area (Å²) >= 11 is 10.2. The molecule has 16 heavy (non-hydrogen) atoms. The van der Waals surface area contributed by atoms with Gasteiger partial charge in [-0.3, -0.25) is 0 Å². The van der Waals surface area contributed by atoms with Gasteiger partial charge in [-0.25, -0.2) is 4.99 Å². The van der Waals surface area contributed by atoms with Gasteiger partial charge >= 0.3 is 0 Å². The fourth-order valence-electron chi connectivity index (χ4n) is 1.17. The average Bonchev–Trinajstić information content (AvgIpc) is 2.26. The highest BCUT2D eigenvalue weighted by Gasteiger charge is 1.97. The van der Waals surface area contributed by atoms with Crippen molar-refractivity contribution in [2.75, 3.05) is 0 Å². The van der Waals surface area contributed by atoms with Crippen molar-refractivity contribution >= 4 is 40.5 Å². The highest BCUT2D eigenvalue weighted by Crippen LogP contribution is 2.01. The Morgan fingerprint density at radius 3 is 2.69 bits per heavy atom. The van der Waals surface area contributed by atoms with Gasteiger partial charge in [0.1, 0.15) is 4.99 Å². The molecular weight excluding hydrogens is 234 g/mol. The monoisotopic (exact) mass is 247 g/mol. The van der Waals surface area contributed by atoms with Crippen molar-refractivity contribution in [3.05, 3.63) is 47.5 Å². The molecule has 0 aromatic heterocycles. The third-order valence-electron chi connectivity index (χ3n) is 1.90. The van der Waals surface area contributed by atoms with Crippen LogP contribution in [-0.2, 0) is 0 Å². The van der Waals surface area contributed by atoms with Crippen molar-refractivity contribution in [3.8, 4) is 0 Å². The molecule has 1 aromatic rings. The molecule has 0 saturated carbocycles. The summed E-state index contributed by atoms with van der Waals surface area (Å²) in [7, 11) is 0. The van der Waals surface area contributed by atoms with Crippen LogP contribution in [0, 0.1) is 6.92 Å². The molecule has 1 rings (SSSR count). The molecule has 0 atom stereocenters. The molecule has 0 aliphatic carbocycles. The SMILES string of the molecule is C/C=C/C(=S)C(=S)N=Cc1cccc(C)c1. The van der Waals surface area contributed by atoms with Crippen molar-refractivity contribution in [1.29, 1.82) is 0 Å². The first-order chi connectivity index (χ1) is 7.63. The number of allylic oxidation sites excluding steroid dienone is 1. The maximum absolute atomic E-state index is 5.08. The molecule has 0 radical (unpaired) electrons. The number of aliphatic imine (C=N–C) groups is 1. The number of nitrogens with zero attached hydrogens (tertiary/aromatic N) is 1. The first kappa shape index (κ1) is 12.9. The molecule has 0 aliphatic rings. The summed E-state index contributed by atoms with van der Waals surface area (Å²) in [4.78, 5) is 5.22. The lowest BCUT2D eigenvalue weighted by molar-refractivity contribution is 1.46. The van der Waals surface area contributed by atoms with Crippen LogP contribution in [0.3, 0.4) is 0 Å². The van der Waals surface area contributed by atoms with Crippen molar-refractivity contribution in [1.82, 2.24) is 0 Å². The van der Waals surface area contributed by atoms with E-state index in [1.54, 1.807) is 12.3 Å². The second-order valence-electron chi connectivity index (χ2n) is 3.34. The fraction of sp³-hybridized carbons (Fsp3) is 0.154. The Kier molecular flexibility index (Phi) is 5.15. The predicted octanol–water partition coefficient (Wildman–Crippen LogP) is 3.69. The summed E-state index contributed by atoms with van der Waals surface area (Å²) in [6.07, 6.45) is 5.38. The largest absolute Gasteiger partial charge is 0.243 e. The number of hydrogen-bond donors (Lipinski definition) is 0. The minimum absolute atomic E-state index is 0.453. The maximum Gasteiger partial charge on any atom is 0.144 e. The molecule has 0 bridgehead atoms. The number of benzene rings is 1. The van der Waals surface area contributed by atoms with Crippen LogP contribution in [0.25, 0.3) is 0 Å². The Bertz CT molecular complexity index is 459. The summed E-state index contributed by atoms with van der Waals surface area (Å²) in [5.74, 6) is 0. The summed E-state index contributed by atoms with van der Waals surface area (Å²) in [5, 5.41) is 0. The Morgan fingerprint density at radius 1 is 1.31 bits per heavy atom. The normalized spacial score (nSPS) is 11.1. The van der Waals surface area contributed by atoms with Gasteiger partial charge in [-0.2, -0.15) is 0 Å². The highest BCUT2D eigenvalue weighted by atomic mass is 32.1. The van der Waals surface area contributed by atoms with E-state index in [2.05, 4.69) is 4.99 Å². The Hall–Kier alpha value is -1.19. The molecule has 82 valence electrons. The zero-order valence-corrected chi connectivity index (χ0v) is 10.9. The molecule has 0 saturated heterocycles. The van der Waals surface area contributed by atoms with Crippen molar-refractivity contribution in [2.45, 2.75) is 13.8 Å². The Labute approximate surface area is 107 Å². The number of thiocarbonyl (C=S) groups is 2. The van der Waals surface area contributed by atoms with Crippen molar-refractivity contribution < 1.29 is 0 Å². The van der Waals surface area contributed by atoms with Crippen LogP contribution < -0.4 is 0 Å². The van der Waals surface area contributed by atoms with Gasteiger partial charge in [-0.05, 0) is 25.5 Å². The van der Waals surface area contributed by atoms with Crippen LogP contribution in [0.2, 0.25) is 0 Å². The Morgan fingerprint density at radius 2 is 2.06 bits per heavy atom. The van der Waals surface area contributed by atoms with E-state index in [-0.39, 0.29) is 0 Å². The molecule has 3 heteroatoms. The van der Waals surface area contributed by atoms with E-state index in [0.717, 1.165) is 5.56 Å². The van der Waals surface area contributed by atoms with Gasteiger partial charge in [-0.15, -0.1) is 0 Å². The second-order valence-corrected chi connectivity index (χ2v) is 4.17. The zero-order chi connectivity index (χ0) is 12.0. The summed E-state index contributed by atoms with van der Waals surface area (Å²) in [6.45, 7) is 3.94. The summed E-state index contributed by atoms with van der Waals surface area (Å²) < 4.78 is 0. The van der Waals surface area contributed by atoms with Crippen LogP contribution in [0.1, 0.15) is 18.1 Å². The van der Waals surface area contributed by atoms with Gasteiger partial charge in [0.05, 0.1) is 4.86 Å². The lowest BCUT2D eigenvalue weighted by atomic mass is 10.1. The molecule has 0 fully saturated rings. The van der Waals surface area contributed by atoms with Crippen molar-refractivity contribution in [3.63, 3.8) is 0 Å². The Balaban J connectivity index is 2.74. The molecule has 0 unspecified atom stereocenters. The van der Waals surface area contributed by atoms with E-state index < -0.39 is 0 Å².